The van der Waals surface area contributed by atoms with E-state index in [4.69, 9.17) is 9.47 Å². The van der Waals surface area contributed by atoms with Crippen molar-refractivity contribution in [3.05, 3.63) is 41.7 Å². The van der Waals surface area contributed by atoms with E-state index >= 15 is 0 Å². The van der Waals surface area contributed by atoms with Crippen molar-refractivity contribution in [2.45, 2.75) is 26.3 Å². The second kappa shape index (κ2) is 12.4. The van der Waals surface area contributed by atoms with E-state index in [1.165, 1.54) is 5.56 Å². The molecule has 0 saturated carbocycles. The van der Waals surface area contributed by atoms with E-state index in [2.05, 4.69) is 33.7 Å². The molecule has 2 aromatic rings. The van der Waals surface area contributed by atoms with Gasteiger partial charge in [-0.3, -0.25) is 4.68 Å². The average Bonchev–Trinajstić information content (AvgIpc) is 3.07. The fraction of sp³-hybridized carbons (Fsp3) is 0.474. The van der Waals surface area contributed by atoms with Gasteiger partial charge in [0.2, 0.25) is 0 Å². The summed E-state index contributed by atoms with van der Waals surface area (Å²) in [7, 11) is 5.23. The summed E-state index contributed by atoms with van der Waals surface area (Å²) >= 11 is 0. The van der Waals surface area contributed by atoms with Gasteiger partial charge in [-0.15, -0.1) is 24.0 Å². The Kier molecular flexibility index (Phi) is 10.6. The molecule has 0 unspecified atom stereocenters. The lowest BCUT2D eigenvalue weighted by Crippen LogP contribution is -2.37. The highest BCUT2D eigenvalue weighted by molar-refractivity contribution is 14.0. The fourth-order valence-corrected chi connectivity index (χ4v) is 2.59. The molecular weight excluding hydrogens is 457 g/mol. The van der Waals surface area contributed by atoms with Gasteiger partial charge in [0.05, 0.1) is 26.5 Å². The van der Waals surface area contributed by atoms with Crippen molar-refractivity contribution >= 4 is 29.9 Å². The van der Waals surface area contributed by atoms with E-state index in [0.717, 1.165) is 49.1 Å². The lowest BCUT2D eigenvalue weighted by atomic mass is 10.1. The molecule has 0 saturated heterocycles. The number of aliphatic imine (C=N–C) groups is 1. The molecule has 1 heterocycles. The van der Waals surface area contributed by atoms with Crippen LogP contribution in [0.1, 0.15) is 24.6 Å². The van der Waals surface area contributed by atoms with Crippen LogP contribution < -0.4 is 20.1 Å². The van der Waals surface area contributed by atoms with Crippen molar-refractivity contribution in [1.29, 1.82) is 0 Å². The highest BCUT2D eigenvalue weighted by Gasteiger charge is 2.05. The first-order valence-electron chi connectivity index (χ1n) is 8.87. The molecule has 0 atom stereocenters. The van der Waals surface area contributed by atoms with Crippen LogP contribution in [0.15, 0.2) is 35.5 Å². The van der Waals surface area contributed by atoms with Crippen LogP contribution >= 0.6 is 24.0 Å². The van der Waals surface area contributed by atoms with Gasteiger partial charge in [0.1, 0.15) is 0 Å². The predicted molar refractivity (Wildman–Crippen MR) is 119 cm³/mol. The molecule has 0 aliphatic carbocycles. The molecule has 1 aromatic carbocycles. The van der Waals surface area contributed by atoms with Crippen LogP contribution in [0.25, 0.3) is 0 Å². The van der Waals surface area contributed by atoms with Crippen LogP contribution in [0.3, 0.4) is 0 Å². The zero-order chi connectivity index (χ0) is 18.8. The van der Waals surface area contributed by atoms with Crippen molar-refractivity contribution in [1.82, 2.24) is 20.4 Å². The maximum absolute atomic E-state index is 5.35. The Morgan fingerprint density at radius 1 is 1.15 bits per heavy atom. The van der Waals surface area contributed by atoms with Crippen LogP contribution in [0.2, 0.25) is 0 Å². The second-order valence-corrected chi connectivity index (χ2v) is 5.86. The van der Waals surface area contributed by atoms with Crippen molar-refractivity contribution < 1.29 is 9.47 Å². The number of nitrogens with zero attached hydrogens (tertiary/aromatic N) is 3. The summed E-state index contributed by atoms with van der Waals surface area (Å²) in [5, 5.41) is 10.8. The second-order valence-electron chi connectivity index (χ2n) is 5.86. The first-order valence-corrected chi connectivity index (χ1v) is 8.87. The van der Waals surface area contributed by atoms with Gasteiger partial charge in [0.25, 0.3) is 0 Å². The molecule has 0 amide bonds. The molecule has 0 radical (unpaired) electrons. The van der Waals surface area contributed by atoms with Crippen molar-refractivity contribution in [2.75, 3.05) is 27.3 Å². The number of hydrogen-bond acceptors (Lipinski definition) is 4. The highest BCUT2D eigenvalue weighted by atomic mass is 127. The molecule has 0 aliphatic rings. The third-order valence-electron chi connectivity index (χ3n) is 4.05. The van der Waals surface area contributed by atoms with Gasteiger partial charge in [0, 0.05) is 26.3 Å². The number of guanidine groups is 1. The third kappa shape index (κ3) is 7.28. The molecule has 27 heavy (non-hydrogen) atoms. The van der Waals surface area contributed by atoms with E-state index in [1.807, 2.05) is 29.9 Å². The molecular formula is C19H30IN5O2. The molecule has 8 heteroatoms. The minimum atomic E-state index is 0. The lowest BCUT2D eigenvalue weighted by molar-refractivity contribution is 0.354. The van der Waals surface area contributed by atoms with Crippen LogP contribution in [-0.4, -0.2) is 43.0 Å². The van der Waals surface area contributed by atoms with Crippen molar-refractivity contribution in [3.8, 4) is 11.5 Å². The monoisotopic (exact) mass is 487 g/mol. The number of nitrogens with one attached hydrogen (secondary N) is 2. The Bertz CT molecular complexity index is 718. The standard InChI is InChI=1S/C19H29N5O2.HI/c1-5-20-19(22-14-16-10-12-23-24(16)2)21-11-6-7-15-8-9-17(25-3)18(13-15)26-4;/h8-10,12-13H,5-7,11,14H2,1-4H3,(H2,20,21,22);1H. The average molecular weight is 487 g/mol. The normalized spacial score (nSPS) is 10.9. The predicted octanol–water partition coefficient (Wildman–Crippen LogP) is 2.74. The zero-order valence-corrected chi connectivity index (χ0v) is 18.8. The molecule has 0 aliphatic heterocycles. The number of rotatable bonds is 9. The number of aryl methyl sites for hydroxylation is 2. The summed E-state index contributed by atoms with van der Waals surface area (Å²) in [6.45, 7) is 4.32. The SMILES string of the molecule is CCNC(=NCc1ccnn1C)NCCCc1ccc(OC)c(OC)c1.I. The highest BCUT2D eigenvalue weighted by Crippen LogP contribution is 2.27. The van der Waals surface area contributed by atoms with E-state index in [0.29, 0.717) is 6.54 Å². The number of benzene rings is 1. The summed E-state index contributed by atoms with van der Waals surface area (Å²) in [5.74, 6) is 2.34. The molecule has 2 rings (SSSR count). The summed E-state index contributed by atoms with van der Waals surface area (Å²) in [6, 6.07) is 8.02. The summed E-state index contributed by atoms with van der Waals surface area (Å²) in [6.07, 6.45) is 3.73. The Balaban J connectivity index is 0.00000364. The van der Waals surface area contributed by atoms with Gasteiger partial charge >= 0.3 is 0 Å². The minimum Gasteiger partial charge on any atom is -0.493 e. The number of halogens is 1. The van der Waals surface area contributed by atoms with E-state index in [1.54, 1.807) is 20.4 Å². The van der Waals surface area contributed by atoms with E-state index < -0.39 is 0 Å². The number of ether oxygens (including phenoxy) is 2. The van der Waals surface area contributed by atoms with Gasteiger partial charge in [-0.25, -0.2) is 4.99 Å². The van der Waals surface area contributed by atoms with Crippen LogP contribution in [0.4, 0.5) is 0 Å². The Morgan fingerprint density at radius 3 is 2.56 bits per heavy atom. The number of methoxy groups -OCH3 is 2. The fourth-order valence-electron chi connectivity index (χ4n) is 2.59. The van der Waals surface area contributed by atoms with Crippen molar-refractivity contribution in [2.24, 2.45) is 12.0 Å². The Hall–Kier alpha value is -1.97. The minimum absolute atomic E-state index is 0. The summed E-state index contributed by atoms with van der Waals surface area (Å²) < 4.78 is 12.5. The Morgan fingerprint density at radius 2 is 1.93 bits per heavy atom. The molecule has 2 N–H and O–H groups in total. The van der Waals surface area contributed by atoms with Crippen LogP contribution in [0.5, 0.6) is 11.5 Å². The molecule has 150 valence electrons. The van der Waals surface area contributed by atoms with Crippen molar-refractivity contribution in [3.63, 3.8) is 0 Å². The van der Waals surface area contributed by atoms with Gasteiger partial charge < -0.3 is 20.1 Å². The topological polar surface area (TPSA) is 72.7 Å². The van der Waals surface area contributed by atoms with Gasteiger partial charge in [-0.05, 0) is 43.5 Å². The largest absolute Gasteiger partial charge is 0.493 e. The molecule has 7 nitrogen and oxygen atoms in total. The first-order chi connectivity index (χ1) is 12.7. The van der Waals surface area contributed by atoms with Crippen LogP contribution in [0, 0.1) is 0 Å². The van der Waals surface area contributed by atoms with Gasteiger partial charge in [-0.2, -0.15) is 5.10 Å². The van der Waals surface area contributed by atoms with Crippen LogP contribution in [-0.2, 0) is 20.0 Å². The van der Waals surface area contributed by atoms with E-state index in [-0.39, 0.29) is 24.0 Å². The smallest absolute Gasteiger partial charge is 0.191 e. The summed E-state index contributed by atoms with van der Waals surface area (Å²) in [4.78, 5) is 4.61. The van der Waals surface area contributed by atoms with Gasteiger partial charge in [-0.1, -0.05) is 6.07 Å². The lowest BCUT2D eigenvalue weighted by Gasteiger charge is -2.12. The third-order valence-corrected chi connectivity index (χ3v) is 4.05. The molecule has 0 bridgehead atoms. The van der Waals surface area contributed by atoms with E-state index in [9.17, 15) is 0 Å². The maximum Gasteiger partial charge on any atom is 0.191 e. The first kappa shape index (κ1) is 23.1. The maximum atomic E-state index is 5.35. The number of aromatic nitrogens is 2. The zero-order valence-electron chi connectivity index (χ0n) is 16.5. The Labute approximate surface area is 178 Å². The molecule has 0 spiro atoms. The van der Waals surface area contributed by atoms with Gasteiger partial charge in [0.15, 0.2) is 17.5 Å². The number of hydrogen-bond donors (Lipinski definition) is 2. The molecule has 0 fully saturated rings. The quantitative estimate of drug-likeness (QED) is 0.246. The summed E-state index contributed by atoms with van der Waals surface area (Å²) in [5.41, 5.74) is 2.30. The molecule has 1 aromatic heterocycles.